The number of oxazole rings is 1. The average molecular weight is 354 g/mol. The van der Waals surface area contributed by atoms with Crippen molar-refractivity contribution in [1.82, 2.24) is 9.88 Å². The molecule has 1 aliphatic heterocycles. The second kappa shape index (κ2) is 7.17. The first-order valence-electron chi connectivity index (χ1n) is 8.37. The van der Waals surface area contributed by atoms with Gasteiger partial charge in [-0.1, -0.05) is 6.42 Å². The summed E-state index contributed by atoms with van der Waals surface area (Å²) in [4.78, 5) is 6.65. The van der Waals surface area contributed by atoms with Gasteiger partial charge in [0, 0.05) is 18.2 Å². The molecule has 1 fully saturated rings. The Kier molecular flexibility index (Phi) is 5.15. The lowest BCUT2D eigenvalue weighted by Crippen LogP contribution is -2.41. The number of hydrogen-bond acceptors (Lipinski definition) is 4. The van der Waals surface area contributed by atoms with Crippen LogP contribution in [0.4, 0.5) is 13.2 Å². The number of aromatic nitrogens is 1. The first-order chi connectivity index (χ1) is 11.9. The van der Waals surface area contributed by atoms with Crippen LogP contribution in [0, 0.1) is 6.92 Å². The molecule has 3 rings (SSSR count). The van der Waals surface area contributed by atoms with Crippen molar-refractivity contribution in [2.45, 2.75) is 44.9 Å². The van der Waals surface area contributed by atoms with E-state index in [4.69, 9.17) is 4.42 Å². The lowest BCUT2D eigenvalue weighted by molar-refractivity contribution is -0.137. The van der Waals surface area contributed by atoms with Crippen molar-refractivity contribution in [3.63, 3.8) is 0 Å². The Morgan fingerprint density at radius 1 is 1.24 bits per heavy atom. The third-order valence-corrected chi connectivity index (χ3v) is 4.66. The van der Waals surface area contributed by atoms with E-state index in [0.29, 0.717) is 23.8 Å². The Bertz CT molecular complexity index is 710. The van der Waals surface area contributed by atoms with Gasteiger partial charge in [0.2, 0.25) is 5.89 Å². The van der Waals surface area contributed by atoms with Crippen LogP contribution in [0.3, 0.4) is 0 Å². The highest BCUT2D eigenvalue weighted by Crippen LogP contribution is 2.31. The van der Waals surface area contributed by atoms with E-state index >= 15 is 0 Å². The molecular weight excluding hydrogens is 333 g/mol. The predicted molar refractivity (Wildman–Crippen MR) is 86.8 cm³/mol. The summed E-state index contributed by atoms with van der Waals surface area (Å²) in [5.74, 6) is 0.968. The van der Waals surface area contributed by atoms with Gasteiger partial charge in [0.15, 0.2) is 0 Å². The van der Waals surface area contributed by atoms with Crippen LogP contribution in [0.5, 0.6) is 0 Å². The standard InChI is InChI=1S/C18H21F3N2O2/c1-12-16(10-23-9-3-2-4-15(23)11-24)22-17(25-12)13-5-7-14(8-6-13)18(19,20)21/h5-8,15,24H,2-4,9-11H2,1H3/t15-/m1/s1. The SMILES string of the molecule is Cc1oc(-c2ccc(C(F)(F)F)cc2)nc1CN1CCCC[C@@H]1CO. The normalized spacial score (nSPS) is 19.3. The monoisotopic (exact) mass is 354 g/mol. The fraction of sp³-hybridized carbons (Fsp3) is 0.500. The van der Waals surface area contributed by atoms with E-state index in [-0.39, 0.29) is 12.6 Å². The smallest absolute Gasteiger partial charge is 0.416 e. The number of likely N-dealkylation sites (tertiary alicyclic amines) is 1. The van der Waals surface area contributed by atoms with E-state index in [9.17, 15) is 18.3 Å². The van der Waals surface area contributed by atoms with Gasteiger partial charge in [0.1, 0.15) is 5.76 Å². The molecule has 25 heavy (non-hydrogen) atoms. The molecule has 0 saturated carbocycles. The van der Waals surface area contributed by atoms with Crippen LogP contribution < -0.4 is 0 Å². The van der Waals surface area contributed by atoms with Crippen LogP contribution in [0.25, 0.3) is 11.5 Å². The molecule has 1 N–H and O–H groups in total. The largest absolute Gasteiger partial charge is 0.441 e. The van der Waals surface area contributed by atoms with Gasteiger partial charge >= 0.3 is 6.18 Å². The second-order valence-corrected chi connectivity index (χ2v) is 6.40. The molecule has 0 bridgehead atoms. The van der Waals surface area contributed by atoms with E-state index in [1.165, 1.54) is 12.1 Å². The quantitative estimate of drug-likeness (QED) is 0.901. The highest BCUT2D eigenvalue weighted by molar-refractivity contribution is 5.54. The molecule has 0 radical (unpaired) electrons. The predicted octanol–water partition coefficient (Wildman–Crippen LogP) is 4.02. The Morgan fingerprint density at radius 3 is 2.60 bits per heavy atom. The van der Waals surface area contributed by atoms with Gasteiger partial charge in [0.25, 0.3) is 0 Å². The highest BCUT2D eigenvalue weighted by atomic mass is 19.4. The van der Waals surface area contributed by atoms with Crippen LogP contribution in [0.15, 0.2) is 28.7 Å². The third kappa shape index (κ3) is 4.04. The minimum Gasteiger partial charge on any atom is -0.441 e. The molecule has 0 amide bonds. The molecule has 1 atom stereocenters. The maximum Gasteiger partial charge on any atom is 0.416 e. The number of rotatable bonds is 4. The molecule has 0 aliphatic carbocycles. The molecule has 1 saturated heterocycles. The van der Waals surface area contributed by atoms with Crippen LogP contribution in [-0.2, 0) is 12.7 Å². The fourth-order valence-corrected chi connectivity index (χ4v) is 3.17. The second-order valence-electron chi connectivity index (χ2n) is 6.40. The number of hydrogen-bond donors (Lipinski definition) is 1. The molecular formula is C18H21F3N2O2. The first kappa shape index (κ1) is 17.9. The number of aryl methyl sites for hydroxylation is 1. The van der Waals surface area contributed by atoms with E-state index in [1.807, 2.05) is 0 Å². The molecule has 1 aliphatic rings. The highest BCUT2D eigenvalue weighted by Gasteiger charge is 2.30. The van der Waals surface area contributed by atoms with Crippen molar-refractivity contribution in [3.05, 3.63) is 41.3 Å². The maximum atomic E-state index is 12.7. The lowest BCUT2D eigenvalue weighted by atomic mass is 10.0. The van der Waals surface area contributed by atoms with Crippen molar-refractivity contribution in [3.8, 4) is 11.5 Å². The number of halogens is 3. The number of piperidine rings is 1. The summed E-state index contributed by atoms with van der Waals surface area (Å²) in [7, 11) is 0. The summed E-state index contributed by atoms with van der Waals surface area (Å²) in [6, 6.07) is 4.92. The maximum absolute atomic E-state index is 12.7. The molecule has 2 aromatic rings. The van der Waals surface area contributed by atoms with E-state index in [2.05, 4.69) is 9.88 Å². The zero-order valence-corrected chi connectivity index (χ0v) is 14.0. The molecule has 0 unspecified atom stereocenters. The number of aliphatic hydroxyl groups is 1. The topological polar surface area (TPSA) is 49.5 Å². The third-order valence-electron chi connectivity index (χ3n) is 4.66. The molecule has 0 spiro atoms. The van der Waals surface area contributed by atoms with Crippen LogP contribution >= 0.6 is 0 Å². The van der Waals surface area contributed by atoms with Gasteiger partial charge in [-0.15, -0.1) is 0 Å². The summed E-state index contributed by atoms with van der Waals surface area (Å²) < 4.78 is 43.6. The first-order valence-corrected chi connectivity index (χ1v) is 8.37. The van der Waals surface area contributed by atoms with Crippen molar-refractivity contribution in [1.29, 1.82) is 0 Å². The molecule has 1 aromatic carbocycles. The summed E-state index contributed by atoms with van der Waals surface area (Å²) >= 11 is 0. The van der Waals surface area contributed by atoms with Crippen molar-refractivity contribution < 1.29 is 22.7 Å². The Balaban J connectivity index is 1.78. The van der Waals surface area contributed by atoms with Crippen molar-refractivity contribution in [2.75, 3.05) is 13.2 Å². The minimum atomic E-state index is -4.36. The number of benzene rings is 1. The number of alkyl halides is 3. The summed E-state index contributed by atoms with van der Waals surface area (Å²) in [5.41, 5.74) is 0.578. The van der Waals surface area contributed by atoms with Crippen LogP contribution in [0.1, 0.15) is 36.3 Å². The Hall–Kier alpha value is -1.86. The zero-order chi connectivity index (χ0) is 18.0. The molecule has 4 nitrogen and oxygen atoms in total. The minimum absolute atomic E-state index is 0.114. The average Bonchev–Trinajstić information content (AvgIpc) is 2.95. The summed E-state index contributed by atoms with van der Waals surface area (Å²) in [6.07, 6.45) is -1.21. The van der Waals surface area contributed by atoms with E-state index < -0.39 is 11.7 Å². The summed E-state index contributed by atoms with van der Waals surface area (Å²) in [6.45, 7) is 3.38. The van der Waals surface area contributed by atoms with Gasteiger partial charge in [0.05, 0.1) is 17.9 Å². The van der Waals surface area contributed by atoms with E-state index in [1.54, 1.807) is 6.92 Å². The molecule has 136 valence electrons. The number of aliphatic hydroxyl groups excluding tert-OH is 1. The summed E-state index contributed by atoms with van der Waals surface area (Å²) in [5, 5.41) is 9.51. The van der Waals surface area contributed by atoms with Gasteiger partial charge < -0.3 is 9.52 Å². The molecule has 7 heteroatoms. The van der Waals surface area contributed by atoms with Crippen molar-refractivity contribution >= 4 is 0 Å². The Labute approximate surface area is 144 Å². The molecule has 1 aromatic heterocycles. The number of nitrogens with zero attached hydrogens (tertiary/aromatic N) is 2. The van der Waals surface area contributed by atoms with Gasteiger partial charge in [-0.3, -0.25) is 4.90 Å². The van der Waals surface area contributed by atoms with Gasteiger partial charge in [-0.25, -0.2) is 4.98 Å². The van der Waals surface area contributed by atoms with E-state index in [0.717, 1.165) is 43.6 Å². The van der Waals surface area contributed by atoms with Crippen LogP contribution in [-0.4, -0.2) is 34.2 Å². The van der Waals surface area contributed by atoms with Gasteiger partial charge in [-0.05, 0) is 50.6 Å². The van der Waals surface area contributed by atoms with Crippen LogP contribution in [0.2, 0.25) is 0 Å². The fourth-order valence-electron chi connectivity index (χ4n) is 3.17. The lowest BCUT2D eigenvalue weighted by Gasteiger charge is -2.33. The molecule has 2 heterocycles. The van der Waals surface area contributed by atoms with Gasteiger partial charge in [-0.2, -0.15) is 13.2 Å². The van der Waals surface area contributed by atoms with Crippen molar-refractivity contribution in [2.24, 2.45) is 0 Å². The Morgan fingerprint density at radius 2 is 1.96 bits per heavy atom. The zero-order valence-electron chi connectivity index (χ0n) is 14.0.